The molecule has 1 heterocycles. The molecule has 0 radical (unpaired) electrons. The molecule has 0 amide bonds. The second kappa shape index (κ2) is 4.07. The van der Waals surface area contributed by atoms with E-state index in [1.54, 1.807) is 0 Å². The Morgan fingerprint density at radius 2 is 2.27 bits per heavy atom. The molecule has 64 valence electrons. The molecule has 1 saturated heterocycles. The summed E-state index contributed by atoms with van der Waals surface area (Å²) < 4.78 is 5.83. The van der Waals surface area contributed by atoms with Crippen molar-refractivity contribution in [3.05, 3.63) is 12.2 Å². The molecule has 1 aliphatic heterocycles. The second-order valence-electron chi connectivity index (χ2n) is 3.22. The fourth-order valence-corrected chi connectivity index (χ4v) is 3.13. The molecule has 0 spiro atoms. The van der Waals surface area contributed by atoms with Crippen LogP contribution in [0, 0.1) is 0 Å². The molecule has 1 nitrogen and oxygen atoms in total. The maximum absolute atomic E-state index is 5.83. The third-order valence-electron chi connectivity index (χ3n) is 2.45. The van der Waals surface area contributed by atoms with Crippen LogP contribution < -0.4 is 0 Å². The lowest BCUT2D eigenvalue weighted by molar-refractivity contribution is 0.0130. The number of hydrogen-bond acceptors (Lipinski definition) is 1. The Morgan fingerprint density at radius 3 is 2.73 bits per heavy atom. The van der Waals surface area contributed by atoms with Crippen molar-refractivity contribution in [1.82, 2.24) is 0 Å². The fraction of sp³-hybridized carbons (Fsp3) is 0.778. The molecular formula is C9H18OSi. The van der Waals surface area contributed by atoms with E-state index in [4.69, 9.17) is 4.74 Å². The van der Waals surface area contributed by atoms with Crippen molar-refractivity contribution in [2.75, 3.05) is 6.61 Å². The molecule has 1 atom stereocenters. The van der Waals surface area contributed by atoms with Gasteiger partial charge in [-0.1, -0.05) is 18.7 Å². The van der Waals surface area contributed by atoms with Gasteiger partial charge in [-0.2, -0.15) is 0 Å². The van der Waals surface area contributed by atoms with E-state index >= 15 is 0 Å². The predicted octanol–water partition coefficient (Wildman–Crippen LogP) is 1.68. The van der Waals surface area contributed by atoms with Gasteiger partial charge in [-0.3, -0.25) is 0 Å². The molecule has 11 heavy (non-hydrogen) atoms. The standard InChI is InChI=1S/C9H18OSi/c1-3-6-9(11-2)7-4-5-8-10-9/h3,6H,4-5,7-8,11H2,1-2H3. The van der Waals surface area contributed by atoms with Gasteiger partial charge >= 0.3 is 0 Å². The third-order valence-corrected chi connectivity index (χ3v) is 4.44. The van der Waals surface area contributed by atoms with Crippen LogP contribution >= 0.6 is 0 Å². The van der Waals surface area contributed by atoms with Gasteiger partial charge in [-0.05, 0) is 26.2 Å². The van der Waals surface area contributed by atoms with Crippen molar-refractivity contribution in [1.29, 1.82) is 0 Å². The summed E-state index contributed by atoms with van der Waals surface area (Å²) in [4.78, 5) is 0. The zero-order valence-electron chi connectivity index (χ0n) is 7.60. The molecule has 0 aromatic heterocycles. The van der Waals surface area contributed by atoms with Crippen molar-refractivity contribution in [3.63, 3.8) is 0 Å². The topological polar surface area (TPSA) is 9.23 Å². The average molecular weight is 170 g/mol. The lowest BCUT2D eigenvalue weighted by atomic mass is 10.1. The molecule has 1 fully saturated rings. The molecular weight excluding hydrogens is 152 g/mol. The van der Waals surface area contributed by atoms with Gasteiger partial charge in [0.05, 0.1) is 14.7 Å². The fourth-order valence-electron chi connectivity index (χ4n) is 1.71. The monoisotopic (exact) mass is 170 g/mol. The Labute approximate surface area is 71.7 Å². The van der Waals surface area contributed by atoms with E-state index in [1.807, 2.05) is 0 Å². The van der Waals surface area contributed by atoms with Gasteiger partial charge in [0.2, 0.25) is 0 Å². The van der Waals surface area contributed by atoms with E-state index in [0.717, 1.165) is 6.61 Å². The predicted molar refractivity (Wildman–Crippen MR) is 51.8 cm³/mol. The van der Waals surface area contributed by atoms with E-state index in [2.05, 4.69) is 25.6 Å². The molecule has 1 aliphatic rings. The van der Waals surface area contributed by atoms with Crippen LogP contribution in [0.5, 0.6) is 0 Å². The minimum atomic E-state index is -0.0587. The van der Waals surface area contributed by atoms with Crippen molar-refractivity contribution >= 4 is 9.52 Å². The van der Waals surface area contributed by atoms with Crippen LogP contribution in [-0.2, 0) is 4.74 Å². The molecule has 0 aliphatic carbocycles. The highest BCUT2D eigenvalue weighted by Crippen LogP contribution is 2.25. The first kappa shape index (κ1) is 9.01. The van der Waals surface area contributed by atoms with E-state index < -0.39 is 0 Å². The van der Waals surface area contributed by atoms with Crippen LogP contribution in [0.4, 0.5) is 0 Å². The number of ether oxygens (including phenoxy) is 1. The highest BCUT2D eigenvalue weighted by molar-refractivity contribution is 6.38. The highest BCUT2D eigenvalue weighted by Gasteiger charge is 2.27. The normalized spacial score (nSPS) is 34.0. The zero-order valence-corrected chi connectivity index (χ0v) is 9.01. The lowest BCUT2D eigenvalue weighted by Crippen LogP contribution is -2.38. The smallest absolute Gasteiger partial charge is 0.0687 e. The van der Waals surface area contributed by atoms with Crippen LogP contribution in [0.25, 0.3) is 0 Å². The number of rotatable bonds is 2. The van der Waals surface area contributed by atoms with Crippen molar-refractivity contribution in [2.45, 2.75) is 38.0 Å². The second-order valence-corrected chi connectivity index (χ2v) is 5.13. The zero-order chi connectivity index (χ0) is 8.16. The van der Waals surface area contributed by atoms with Crippen molar-refractivity contribution in [3.8, 4) is 0 Å². The third kappa shape index (κ3) is 2.17. The van der Waals surface area contributed by atoms with Gasteiger partial charge in [0.15, 0.2) is 0 Å². The Balaban J connectivity index is 2.56. The Morgan fingerprint density at radius 1 is 1.45 bits per heavy atom. The summed E-state index contributed by atoms with van der Waals surface area (Å²) in [6.07, 6.45) is 8.29. The summed E-state index contributed by atoms with van der Waals surface area (Å²) in [6, 6.07) is 0. The highest BCUT2D eigenvalue weighted by atomic mass is 28.2. The van der Waals surface area contributed by atoms with Crippen LogP contribution in [0.1, 0.15) is 26.2 Å². The van der Waals surface area contributed by atoms with Gasteiger partial charge in [0, 0.05) is 6.61 Å². The quantitative estimate of drug-likeness (QED) is 0.452. The summed E-state index contributed by atoms with van der Waals surface area (Å²) in [5, 5.41) is 0.229. The van der Waals surface area contributed by atoms with E-state index in [0.29, 0.717) is 0 Å². The first-order valence-electron chi connectivity index (χ1n) is 4.61. The van der Waals surface area contributed by atoms with E-state index in [-0.39, 0.29) is 14.7 Å². The van der Waals surface area contributed by atoms with Crippen molar-refractivity contribution < 1.29 is 4.74 Å². The Hall–Kier alpha value is -0.0831. The summed E-state index contributed by atoms with van der Waals surface area (Å²) in [5.41, 5.74) is 0. The maximum Gasteiger partial charge on any atom is 0.0687 e. The Kier molecular flexibility index (Phi) is 3.33. The maximum atomic E-state index is 5.83. The lowest BCUT2D eigenvalue weighted by Gasteiger charge is -2.33. The molecule has 1 unspecified atom stereocenters. The summed E-state index contributed by atoms with van der Waals surface area (Å²) >= 11 is 0. The summed E-state index contributed by atoms with van der Waals surface area (Å²) in [6.45, 7) is 5.40. The van der Waals surface area contributed by atoms with Crippen LogP contribution in [0.3, 0.4) is 0 Å². The summed E-state index contributed by atoms with van der Waals surface area (Å²) in [7, 11) is -0.0587. The minimum Gasteiger partial charge on any atom is -0.375 e. The van der Waals surface area contributed by atoms with E-state index in [1.165, 1.54) is 19.3 Å². The minimum absolute atomic E-state index is 0.0587. The molecule has 0 saturated carbocycles. The molecule has 0 aromatic rings. The molecule has 1 rings (SSSR count). The first-order valence-corrected chi connectivity index (χ1v) is 6.73. The van der Waals surface area contributed by atoms with Gasteiger partial charge < -0.3 is 4.74 Å². The van der Waals surface area contributed by atoms with E-state index in [9.17, 15) is 0 Å². The molecule has 0 bridgehead atoms. The SMILES string of the molecule is CC=CC1([SiH2]C)CCCCO1. The number of hydrogen-bond donors (Lipinski definition) is 0. The largest absolute Gasteiger partial charge is 0.375 e. The average Bonchev–Trinajstić information content (AvgIpc) is 2.07. The van der Waals surface area contributed by atoms with Crippen molar-refractivity contribution in [2.24, 2.45) is 0 Å². The first-order chi connectivity index (χ1) is 5.33. The van der Waals surface area contributed by atoms with Crippen LogP contribution in [0.15, 0.2) is 12.2 Å². The molecule has 0 N–H and O–H groups in total. The summed E-state index contributed by atoms with van der Waals surface area (Å²) in [5.74, 6) is 0. The number of allylic oxidation sites excluding steroid dienone is 1. The Bertz CT molecular complexity index is 136. The molecule has 2 heteroatoms. The molecule has 0 aromatic carbocycles. The van der Waals surface area contributed by atoms with Gasteiger partial charge in [0.1, 0.15) is 0 Å². The van der Waals surface area contributed by atoms with Gasteiger partial charge in [0.25, 0.3) is 0 Å². The van der Waals surface area contributed by atoms with Crippen LogP contribution in [0.2, 0.25) is 6.55 Å². The van der Waals surface area contributed by atoms with Gasteiger partial charge in [-0.25, -0.2) is 0 Å². The van der Waals surface area contributed by atoms with Crippen LogP contribution in [-0.4, -0.2) is 21.4 Å². The van der Waals surface area contributed by atoms with Gasteiger partial charge in [-0.15, -0.1) is 0 Å².